The van der Waals surface area contributed by atoms with Gasteiger partial charge in [-0.15, -0.1) is 11.6 Å². The van der Waals surface area contributed by atoms with Crippen LogP contribution in [0.5, 0.6) is 0 Å². The van der Waals surface area contributed by atoms with Crippen LogP contribution in [0.3, 0.4) is 0 Å². The Morgan fingerprint density at radius 3 is 2.05 bits per heavy atom. The maximum atomic E-state index is 13.6. The van der Waals surface area contributed by atoms with Crippen LogP contribution in [-0.4, -0.2) is 0 Å². The summed E-state index contributed by atoms with van der Waals surface area (Å²) in [5.74, 6) is -3.01. The minimum Gasteiger partial charge on any atom is -0.207 e. The van der Waals surface area contributed by atoms with E-state index < -0.39 is 22.8 Å². The maximum Gasteiger partial charge on any atom is 0.133 e. The SMILES string of the molecule is Fc1cc(F)c(C(Cl)Cc2ccc(Cl)c(Cl)c2)c(F)c1. The molecule has 1 unspecified atom stereocenters. The Labute approximate surface area is 129 Å². The molecule has 0 spiro atoms. The average Bonchev–Trinajstić information content (AvgIpc) is 2.32. The fraction of sp³-hybridized carbons (Fsp3) is 0.143. The van der Waals surface area contributed by atoms with Gasteiger partial charge in [0.25, 0.3) is 0 Å². The molecule has 6 heteroatoms. The van der Waals surface area contributed by atoms with Gasteiger partial charge in [-0.2, -0.15) is 0 Å². The number of halogens is 6. The highest BCUT2D eigenvalue weighted by molar-refractivity contribution is 6.42. The molecule has 0 saturated heterocycles. The molecule has 0 amide bonds. The molecule has 0 aliphatic heterocycles. The molecule has 0 aliphatic rings. The predicted octanol–water partition coefficient (Wildman–Crippen LogP) is 5.93. The number of hydrogen-bond acceptors (Lipinski definition) is 0. The summed E-state index contributed by atoms with van der Waals surface area (Å²) in [6.45, 7) is 0. The largest absolute Gasteiger partial charge is 0.207 e. The van der Waals surface area contributed by atoms with Gasteiger partial charge >= 0.3 is 0 Å². The standard InChI is InChI=1S/C14H8Cl3F3/c15-9-2-1-7(3-10(9)16)4-11(17)14-12(19)5-8(18)6-13(14)20/h1-3,5-6,11H,4H2. The van der Waals surface area contributed by atoms with Crippen LogP contribution in [0, 0.1) is 17.5 Å². The summed E-state index contributed by atoms with van der Waals surface area (Å²) in [6, 6.07) is 5.99. The first-order valence-electron chi connectivity index (χ1n) is 5.61. The summed E-state index contributed by atoms with van der Waals surface area (Å²) >= 11 is 17.6. The fourth-order valence-corrected chi connectivity index (χ4v) is 2.54. The quantitative estimate of drug-likeness (QED) is 0.608. The van der Waals surface area contributed by atoms with Gasteiger partial charge in [-0.3, -0.25) is 0 Å². The molecule has 0 N–H and O–H groups in total. The van der Waals surface area contributed by atoms with Crippen LogP contribution in [0.15, 0.2) is 30.3 Å². The first-order chi connectivity index (χ1) is 9.38. The minimum atomic E-state index is -1.01. The second-order valence-electron chi connectivity index (χ2n) is 4.20. The van der Waals surface area contributed by atoms with Crippen LogP contribution in [0.2, 0.25) is 10.0 Å². The van der Waals surface area contributed by atoms with Crippen LogP contribution in [0.1, 0.15) is 16.5 Å². The van der Waals surface area contributed by atoms with Crippen LogP contribution in [0.25, 0.3) is 0 Å². The van der Waals surface area contributed by atoms with Crippen molar-refractivity contribution in [1.29, 1.82) is 0 Å². The average molecular weight is 340 g/mol. The minimum absolute atomic E-state index is 0.137. The van der Waals surface area contributed by atoms with Crippen molar-refractivity contribution < 1.29 is 13.2 Å². The molecule has 0 bridgehead atoms. The van der Waals surface area contributed by atoms with Crippen molar-refractivity contribution in [3.63, 3.8) is 0 Å². The molecule has 0 nitrogen and oxygen atoms in total. The first kappa shape index (κ1) is 15.5. The molecule has 0 fully saturated rings. The first-order valence-corrected chi connectivity index (χ1v) is 6.80. The maximum absolute atomic E-state index is 13.6. The third-order valence-electron chi connectivity index (χ3n) is 2.76. The summed E-state index contributed by atoms with van der Waals surface area (Å²) < 4.78 is 40.0. The van der Waals surface area contributed by atoms with Crippen molar-refractivity contribution in [3.8, 4) is 0 Å². The van der Waals surface area contributed by atoms with Gasteiger partial charge in [-0.1, -0.05) is 29.3 Å². The van der Waals surface area contributed by atoms with E-state index in [0.717, 1.165) is 0 Å². The molecule has 0 heterocycles. The number of hydrogen-bond donors (Lipinski definition) is 0. The monoisotopic (exact) mass is 338 g/mol. The molecular formula is C14H8Cl3F3. The number of rotatable bonds is 3. The van der Waals surface area contributed by atoms with Crippen LogP contribution >= 0.6 is 34.8 Å². The molecule has 0 aromatic heterocycles. The molecule has 1 atom stereocenters. The molecule has 0 radical (unpaired) electrons. The van der Waals surface area contributed by atoms with E-state index in [1.54, 1.807) is 18.2 Å². The summed E-state index contributed by atoms with van der Waals surface area (Å²) in [6.07, 6.45) is 0.137. The topological polar surface area (TPSA) is 0 Å². The fourth-order valence-electron chi connectivity index (χ4n) is 1.83. The zero-order chi connectivity index (χ0) is 14.9. The zero-order valence-electron chi connectivity index (χ0n) is 9.94. The summed E-state index contributed by atoms with van der Waals surface area (Å²) in [7, 11) is 0. The normalized spacial score (nSPS) is 12.5. The van der Waals surface area contributed by atoms with Gasteiger partial charge < -0.3 is 0 Å². The highest BCUT2D eigenvalue weighted by Gasteiger charge is 2.20. The predicted molar refractivity (Wildman–Crippen MR) is 75.1 cm³/mol. The third-order valence-corrected chi connectivity index (χ3v) is 3.87. The Kier molecular flexibility index (Phi) is 4.84. The number of benzene rings is 2. The van der Waals surface area contributed by atoms with E-state index in [1.165, 1.54) is 0 Å². The second kappa shape index (κ2) is 6.25. The van der Waals surface area contributed by atoms with Crippen molar-refractivity contribution in [3.05, 3.63) is 69.0 Å². The Morgan fingerprint density at radius 1 is 0.900 bits per heavy atom. The van der Waals surface area contributed by atoms with E-state index in [4.69, 9.17) is 34.8 Å². The second-order valence-corrected chi connectivity index (χ2v) is 5.54. The van der Waals surface area contributed by atoms with E-state index in [-0.39, 0.29) is 12.0 Å². The lowest BCUT2D eigenvalue weighted by atomic mass is 10.0. The molecule has 106 valence electrons. The molecule has 2 aromatic rings. The Balaban J connectivity index is 2.28. The summed E-state index contributed by atoms with van der Waals surface area (Å²) in [5, 5.41) is -0.276. The van der Waals surface area contributed by atoms with Crippen LogP contribution in [-0.2, 0) is 6.42 Å². The summed E-state index contributed by atoms with van der Waals surface area (Å²) in [4.78, 5) is 0. The van der Waals surface area contributed by atoms with Crippen molar-refractivity contribution in [2.24, 2.45) is 0 Å². The van der Waals surface area contributed by atoms with Crippen LogP contribution < -0.4 is 0 Å². The zero-order valence-corrected chi connectivity index (χ0v) is 12.2. The van der Waals surface area contributed by atoms with Gasteiger partial charge in [-0.25, -0.2) is 13.2 Å². The van der Waals surface area contributed by atoms with Crippen molar-refractivity contribution in [2.75, 3.05) is 0 Å². The lowest BCUT2D eigenvalue weighted by Gasteiger charge is -2.12. The molecule has 20 heavy (non-hydrogen) atoms. The van der Waals surface area contributed by atoms with E-state index in [9.17, 15) is 13.2 Å². The molecule has 0 saturated carbocycles. The van der Waals surface area contributed by atoms with Crippen molar-refractivity contribution >= 4 is 34.8 Å². The highest BCUT2D eigenvalue weighted by atomic mass is 35.5. The van der Waals surface area contributed by atoms with Crippen molar-refractivity contribution in [1.82, 2.24) is 0 Å². The molecular weight excluding hydrogens is 332 g/mol. The van der Waals surface area contributed by atoms with Crippen LogP contribution in [0.4, 0.5) is 13.2 Å². The van der Waals surface area contributed by atoms with Gasteiger partial charge in [-0.05, 0) is 24.1 Å². The lowest BCUT2D eigenvalue weighted by molar-refractivity contribution is 0.520. The Hall–Kier alpha value is -0.900. The Morgan fingerprint density at radius 2 is 1.50 bits per heavy atom. The van der Waals surface area contributed by atoms with E-state index in [2.05, 4.69) is 0 Å². The van der Waals surface area contributed by atoms with Gasteiger partial charge in [0.1, 0.15) is 17.5 Å². The van der Waals surface area contributed by atoms with Gasteiger partial charge in [0, 0.05) is 17.7 Å². The van der Waals surface area contributed by atoms with E-state index in [1.807, 2.05) is 0 Å². The molecule has 2 aromatic carbocycles. The van der Waals surface area contributed by atoms with E-state index >= 15 is 0 Å². The van der Waals surface area contributed by atoms with E-state index in [0.29, 0.717) is 27.7 Å². The lowest BCUT2D eigenvalue weighted by Crippen LogP contribution is -2.03. The summed E-state index contributed by atoms with van der Waals surface area (Å²) in [5.41, 5.74) is 0.307. The molecule has 0 aliphatic carbocycles. The number of alkyl halides is 1. The van der Waals surface area contributed by atoms with Gasteiger partial charge in [0.2, 0.25) is 0 Å². The molecule has 2 rings (SSSR count). The highest BCUT2D eigenvalue weighted by Crippen LogP contribution is 2.32. The van der Waals surface area contributed by atoms with Crippen molar-refractivity contribution in [2.45, 2.75) is 11.8 Å². The smallest absolute Gasteiger partial charge is 0.133 e. The third kappa shape index (κ3) is 3.40. The Bertz CT molecular complexity index is 621. The van der Waals surface area contributed by atoms with Gasteiger partial charge in [0.05, 0.1) is 15.4 Å². The van der Waals surface area contributed by atoms with Gasteiger partial charge in [0.15, 0.2) is 0 Å².